The maximum atomic E-state index is 2.90. The predicted molar refractivity (Wildman–Crippen MR) is 187 cm³/mol. The van der Waals surface area contributed by atoms with Crippen LogP contribution in [0.1, 0.15) is 156 Å². The molecule has 0 fully saturated rings. The van der Waals surface area contributed by atoms with Crippen LogP contribution in [0.15, 0.2) is 30.3 Å². The van der Waals surface area contributed by atoms with Crippen molar-refractivity contribution in [1.29, 1.82) is 0 Å². The molecule has 0 aliphatic rings. The minimum absolute atomic E-state index is 0.0984. The van der Waals surface area contributed by atoms with Crippen molar-refractivity contribution in [2.24, 2.45) is 0 Å². The number of hydrogen-bond donors (Lipinski definition) is 0. The molecule has 0 saturated heterocycles. The van der Waals surface area contributed by atoms with Gasteiger partial charge in [0.2, 0.25) is 0 Å². The van der Waals surface area contributed by atoms with Gasteiger partial charge < -0.3 is 4.90 Å². The van der Waals surface area contributed by atoms with Crippen LogP contribution < -0.4 is 4.90 Å². The zero-order chi connectivity index (χ0) is 28.2. The van der Waals surface area contributed by atoms with E-state index in [9.17, 15) is 0 Å². The summed E-state index contributed by atoms with van der Waals surface area (Å²) in [6.07, 6.45) is 37.3. The first-order chi connectivity index (χ1) is 19.2. The average Bonchev–Trinajstić information content (AvgIpc) is 2.96. The lowest BCUT2D eigenvalue weighted by molar-refractivity contribution is 0.651. The maximum absolute atomic E-state index is 2.90. The van der Waals surface area contributed by atoms with E-state index in [0.29, 0.717) is 0 Å². The van der Waals surface area contributed by atoms with E-state index < -0.39 is 0 Å². The van der Waals surface area contributed by atoms with Crippen molar-refractivity contribution in [3.63, 3.8) is 0 Å². The fraction of sp³-hybridized carbons (Fsp3) is 0.833. The SMILES string of the molecule is CCCCCCCP(CCCCCCC)CN(CP(CCCCCCC)CCCCCCC)c1ccccc1. The van der Waals surface area contributed by atoms with Crippen LogP contribution in [-0.2, 0) is 0 Å². The van der Waals surface area contributed by atoms with Gasteiger partial charge in [0.05, 0.1) is 0 Å². The molecule has 0 aliphatic carbocycles. The summed E-state index contributed by atoms with van der Waals surface area (Å²) in [5.74, 6) is 0. The molecule has 1 aromatic carbocycles. The van der Waals surface area contributed by atoms with Crippen molar-refractivity contribution in [2.45, 2.75) is 156 Å². The van der Waals surface area contributed by atoms with Gasteiger partial charge in [-0.1, -0.05) is 164 Å². The van der Waals surface area contributed by atoms with E-state index >= 15 is 0 Å². The fourth-order valence-electron chi connectivity index (χ4n) is 5.59. The third-order valence-electron chi connectivity index (χ3n) is 8.17. The second kappa shape index (κ2) is 28.0. The Morgan fingerprint density at radius 3 is 1.03 bits per heavy atom. The topological polar surface area (TPSA) is 3.24 Å². The van der Waals surface area contributed by atoms with Crippen molar-refractivity contribution in [1.82, 2.24) is 0 Å². The highest BCUT2D eigenvalue weighted by molar-refractivity contribution is 7.58. The van der Waals surface area contributed by atoms with Crippen molar-refractivity contribution in [3.05, 3.63) is 30.3 Å². The second-order valence-corrected chi connectivity index (χ2v) is 17.1. The normalized spacial score (nSPS) is 11.6. The summed E-state index contributed by atoms with van der Waals surface area (Å²) in [5, 5.41) is 0. The van der Waals surface area contributed by atoms with Gasteiger partial charge in [0.15, 0.2) is 0 Å². The number of para-hydroxylation sites is 1. The first-order valence-corrected chi connectivity index (χ1v) is 21.3. The van der Waals surface area contributed by atoms with Gasteiger partial charge in [0.1, 0.15) is 0 Å². The molecule has 1 aromatic rings. The number of benzene rings is 1. The van der Waals surface area contributed by atoms with Crippen LogP contribution in [0.2, 0.25) is 0 Å². The van der Waals surface area contributed by atoms with Gasteiger partial charge >= 0.3 is 0 Å². The molecule has 0 spiro atoms. The number of anilines is 1. The van der Waals surface area contributed by atoms with E-state index in [1.165, 1.54) is 171 Å². The first kappa shape index (κ1) is 36.9. The molecule has 1 nitrogen and oxygen atoms in total. The van der Waals surface area contributed by atoms with Gasteiger partial charge in [-0.2, -0.15) is 0 Å². The lowest BCUT2D eigenvalue weighted by atomic mass is 10.2. The van der Waals surface area contributed by atoms with Crippen molar-refractivity contribution < 1.29 is 0 Å². The Hall–Kier alpha value is -0.120. The Balaban J connectivity index is 2.87. The zero-order valence-electron chi connectivity index (χ0n) is 27.1. The summed E-state index contributed by atoms with van der Waals surface area (Å²) in [6.45, 7) is 9.36. The quantitative estimate of drug-likeness (QED) is 0.0676. The Morgan fingerprint density at radius 1 is 0.410 bits per heavy atom. The minimum atomic E-state index is 0.0984. The van der Waals surface area contributed by atoms with Gasteiger partial charge in [-0.15, -0.1) is 0 Å². The van der Waals surface area contributed by atoms with Crippen LogP contribution in [0.3, 0.4) is 0 Å². The largest absolute Gasteiger partial charge is 0.363 e. The molecule has 0 bridgehead atoms. The van der Waals surface area contributed by atoms with E-state index in [4.69, 9.17) is 0 Å². The molecule has 1 rings (SSSR count). The van der Waals surface area contributed by atoms with Crippen molar-refractivity contribution in [3.8, 4) is 0 Å². The summed E-state index contributed by atoms with van der Waals surface area (Å²) in [4.78, 5) is 2.90. The van der Waals surface area contributed by atoms with E-state index in [2.05, 4.69) is 62.9 Å². The van der Waals surface area contributed by atoms with Crippen molar-refractivity contribution >= 4 is 21.5 Å². The zero-order valence-corrected chi connectivity index (χ0v) is 28.9. The molecular formula is C36H69NP2. The van der Waals surface area contributed by atoms with Crippen LogP contribution >= 0.6 is 15.8 Å². The molecule has 0 atom stereocenters. The summed E-state index contributed by atoms with van der Waals surface area (Å²) < 4.78 is 0. The summed E-state index contributed by atoms with van der Waals surface area (Å²) >= 11 is 0. The lowest BCUT2D eigenvalue weighted by Gasteiger charge is -2.34. The van der Waals surface area contributed by atoms with Gasteiger partial charge in [0.25, 0.3) is 0 Å². The van der Waals surface area contributed by atoms with Crippen molar-refractivity contribution in [2.75, 3.05) is 42.1 Å². The Morgan fingerprint density at radius 2 is 0.718 bits per heavy atom. The molecule has 0 saturated carbocycles. The van der Waals surface area contributed by atoms with Crippen LogP contribution in [0.25, 0.3) is 0 Å². The highest BCUT2D eigenvalue weighted by atomic mass is 31.1. The van der Waals surface area contributed by atoms with E-state index in [1.807, 2.05) is 0 Å². The minimum Gasteiger partial charge on any atom is -0.363 e. The smallest absolute Gasteiger partial charge is 0.0380 e. The monoisotopic (exact) mass is 577 g/mol. The molecule has 0 amide bonds. The average molecular weight is 578 g/mol. The molecule has 0 radical (unpaired) electrons. The highest BCUT2D eigenvalue weighted by Gasteiger charge is 2.18. The van der Waals surface area contributed by atoms with Gasteiger partial charge in [-0.25, -0.2) is 0 Å². The number of unbranched alkanes of at least 4 members (excludes halogenated alkanes) is 16. The van der Waals surface area contributed by atoms with E-state index in [0.717, 1.165) is 0 Å². The van der Waals surface area contributed by atoms with E-state index in [-0.39, 0.29) is 15.8 Å². The van der Waals surface area contributed by atoms with Gasteiger partial charge in [-0.3, -0.25) is 0 Å². The number of rotatable bonds is 29. The molecule has 0 aromatic heterocycles. The Kier molecular flexibility index (Phi) is 26.5. The van der Waals surface area contributed by atoms with Crippen LogP contribution in [-0.4, -0.2) is 37.2 Å². The van der Waals surface area contributed by atoms with Crippen LogP contribution in [0.5, 0.6) is 0 Å². The standard InChI is InChI=1S/C36H69NP2/c1-5-9-13-17-24-30-38(31-25-18-14-10-6-2)34-37(36-28-22-21-23-29-36)35-39(32-26-19-15-11-7-3)33-27-20-16-12-8-4/h21-23,28-29H,5-20,24-27,30-35H2,1-4H3. The molecular weight excluding hydrogens is 508 g/mol. The summed E-state index contributed by atoms with van der Waals surface area (Å²) in [6, 6.07) is 11.6. The predicted octanol–water partition coefficient (Wildman–Crippen LogP) is 13.3. The van der Waals surface area contributed by atoms with Crippen LogP contribution in [0.4, 0.5) is 5.69 Å². The molecule has 3 heteroatoms. The molecule has 0 heterocycles. The number of nitrogens with zero attached hydrogens (tertiary/aromatic N) is 1. The molecule has 39 heavy (non-hydrogen) atoms. The molecule has 0 aliphatic heterocycles. The third-order valence-corrected chi connectivity index (χ3v) is 13.5. The molecule has 0 unspecified atom stereocenters. The maximum Gasteiger partial charge on any atom is 0.0380 e. The number of hydrogen-bond acceptors (Lipinski definition) is 1. The fourth-order valence-corrected chi connectivity index (χ4v) is 10.9. The first-order valence-electron chi connectivity index (χ1n) is 17.5. The lowest BCUT2D eigenvalue weighted by Crippen LogP contribution is -2.26. The second-order valence-electron chi connectivity index (χ2n) is 12.1. The summed E-state index contributed by atoms with van der Waals surface area (Å²) in [7, 11) is 0.197. The van der Waals surface area contributed by atoms with Gasteiger partial charge in [-0.05, 0) is 62.5 Å². The molecule has 228 valence electrons. The van der Waals surface area contributed by atoms with E-state index in [1.54, 1.807) is 0 Å². The molecule has 0 N–H and O–H groups in total. The Bertz CT molecular complexity index is 545. The third kappa shape index (κ3) is 21.3. The highest BCUT2D eigenvalue weighted by Crippen LogP contribution is 2.45. The summed E-state index contributed by atoms with van der Waals surface area (Å²) in [5.41, 5.74) is 1.51. The Labute approximate surface area is 249 Å². The van der Waals surface area contributed by atoms with Gasteiger partial charge in [0, 0.05) is 18.3 Å². The van der Waals surface area contributed by atoms with Crippen LogP contribution in [0, 0.1) is 0 Å².